The Morgan fingerprint density at radius 2 is 1.88 bits per heavy atom. The van der Waals surface area contributed by atoms with Crippen LogP contribution < -0.4 is 16.2 Å². The Bertz CT molecular complexity index is 1180. The molecule has 0 saturated carbocycles. The number of nitrogens with one attached hydrogen (secondary N) is 2. The maximum absolute atomic E-state index is 12.8. The molecule has 3 N–H and O–H groups in total. The SMILES string of the molecule is O=C(Nc1ccc(CC2CCC([C@H](O)c3ccccc3)N2)cc1)[C@@H]1CCc2nccc(=O)n21. The van der Waals surface area contributed by atoms with Crippen molar-refractivity contribution in [3.63, 3.8) is 0 Å². The zero-order chi connectivity index (χ0) is 22.8. The zero-order valence-corrected chi connectivity index (χ0v) is 18.4. The lowest BCUT2D eigenvalue weighted by molar-refractivity contribution is -0.119. The van der Waals surface area contributed by atoms with Gasteiger partial charge in [-0.25, -0.2) is 4.98 Å². The number of amides is 1. The third-order valence-corrected chi connectivity index (χ3v) is 6.71. The van der Waals surface area contributed by atoms with Crippen LogP contribution in [0.2, 0.25) is 0 Å². The fraction of sp³-hybridized carbons (Fsp3) is 0.346. The molecule has 0 bridgehead atoms. The zero-order valence-electron chi connectivity index (χ0n) is 18.4. The van der Waals surface area contributed by atoms with Gasteiger partial charge in [0.2, 0.25) is 5.91 Å². The van der Waals surface area contributed by atoms with Crippen LogP contribution in [0.1, 0.15) is 48.4 Å². The molecule has 3 heterocycles. The molecule has 0 spiro atoms. The molecule has 0 aliphatic carbocycles. The number of fused-ring (bicyclic) bond motifs is 1. The van der Waals surface area contributed by atoms with Crippen molar-refractivity contribution in [2.75, 3.05) is 5.32 Å². The molecule has 7 nitrogen and oxygen atoms in total. The van der Waals surface area contributed by atoms with Gasteiger partial charge in [0.1, 0.15) is 11.9 Å². The Labute approximate surface area is 192 Å². The highest BCUT2D eigenvalue weighted by atomic mass is 16.3. The smallest absolute Gasteiger partial charge is 0.254 e. The molecule has 2 aromatic carbocycles. The van der Waals surface area contributed by atoms with Crippen molar-refractivity contribution in [2.24, 2.45) is 0 Å². The molecule has 4 atom stereocenters. The monoisotopic (exact) mass is 444 g/mol. The lowest BCUT2D eigenvalue weighted by atomic mass is 10.0. The van der Waals surface area contributed by atoms with Gasteiger partial charge in [0, 0.05) is 36.5 Å². The lowest BCUT2D eigenvalue weighted by Crippen LogP contribution is -2.35. The van der Waals surface area contributed by atoms with Gasteiger partial charge in [-0.15, -0.1) is 0 Å². The van der Waals surface area contributed by atoms with E-state index in [2.05, 4.69) is 15.6 Å². The molecule has 1 fully saturated rings. The Kier molecular flexibility index (Phi) is 6.07. The summed E-state index contributed by atoms with van der Waals surface area (Å²) >= 11 is 0. The molecule has 1 aromatic heterocycles. The van der Waals surface area contributed by atoms with Crippen molar-refractivity contribution in [2.45, 2.75) is 56.3 Å². The minimum atomic E-state index is -0.517. The fourth-order valence-electron chi connectivity index (χ4n) is 5.00. The van der Waals surface area contributed by atoms with Crippen molar-refractivity contribution >= 4 is 11.6 Å². The van der Waals surface area contributed by atoms with Crippen LogP contribution in [0.4, 0.5) is 5.69 Å². The van der Waals surface area contributed by atoms with E-state index in [0.717, 1.165) is 24.8 Å². The maximum Gasteiger partial charge on any atom is 0.254 e. The molecule has 2 unspecified atom stereocenters. The minimum absolute atomic E-state index is 0.0585. The number of hydrogen-bond acceptors (Lipinski definition) is 5. The second kappa shape index (κ2) is 9.29. The third kappa shape index (κ3) is 4.60. The van der Waals surface area contributed by atoms with Crippen LogP contribution in [0.15, 0.2) is 71.7 Å². The number of rotatable bonds is 6. The van der Waals surface area contributed by atoms with Gasteiger partial charge in [-0.1, -0.05) is 42.5 Å². The van der Waals surface area contributed by atoms with Gasteiger partial charge >= 0.3 is 0 Å². The Morgan fingerprint density at radius 1 is 1.09 bits per heavy atom. The molecule has 2 aliphatic heterocycles. The van der Waals surface area contributed by atoms with Crippen molar-refractivity contribution < 1.29 is 9.90 Å². The number of carbonyl (C=O) groups excluding carboxylic acids is 1. The number of anilines is 1. The molecule has 1 saturated heterocycles. The lowest BCUT2D eigenvalue weighted by Gasteiger charge is -2.20. The first-order valence-corrected chi connectivity index (χ1v) is 11.5. The van der Waals surface area contributed by atoms with Crippen LogP contribution in [0.5, 0.6) is 0 Å². The first kappa shape index (κ1) is 21.6. The van der Waals surface area contributed by atoms with Crippen molar-refractivity contribution in [3.8, 4) is 0 Å². The van der Waals surface area contributed by atoms with Gasteiger partial charge in [0.15, 0.2) is 0 Å². The van der Waals surface area contributed by atoms with Crippen molar-refractivity contribution in [3.05, 3.63) is 94.2 Å². The van der Waals surface area contributed by atoms with Crippen LogP contribution in [-0.2, 0) is 17.6 Å². The molecule has 33 heavy (non-hydrogen) atoms. The van der Waals surface area contributed by atoms with Crippen LogP contribution in [0, 0.1) is 0 Å². The summed E-state index contributed by atoms with van der Waals surface area (Å²) in [5.74, 6) is 0.476. The molecule has 5 rings (SSSR count). The number of carbonyl (C=O) groups is 1. The van der Waals surface area contributed by atoms with Gasteiger partial charge < -0.3 is 15.7 Å². The minimum Gasteiger partial charge on any atom is -0.387 e. The Morgan fingerprint density at radius 3 is 2.67 bits per heavy atom. The average Bonchev–Trinajstić information content (AvgIpc) is 3.49. The van der Waals surface area contributed by atoms with E-state index in [1.165, 1.54) is 22.4 Å². The quantitative estimate of drug-likeness (QED) is 0.543. The van der Waals surface area contributed by atoms with E-state index in [-0.39, 0.29) is 17.5 Å². The summed E-state index contributed by atoms with van der Waals surface area (Å²) in [4.78, 5) is 29.1. The number of benzene rings is 2. The number of aryl methyl sites for hydroxylation is 1. The van der Waals surface area contributed by atoms with Gasteiger partial charge in [0.05, 0.1) is 6.10 Å². The summed E-state index contributed by atoms with van der Waals surface area (Å²) in [6.45, 7) is 0. The van der Waals surface area contributed by atoms with E-state index in [1.807, 2.05) is 54.6 Å². The largest absolute Gasteiger partial charge is 0.387 e. The normalized spacial score (nSPS) is 22.6. The van der Waals surface area contributed by atoms with Crippen LogP contribution in [0.3, 0.4) is 0 Å². The number of nitrogens with zero attached hydrogens (tertiary/aromatic N) is 2. The highest BCUT2D eigenvalue weighted by Gasteiger charge is 2.31. The summed E-state index contributed by atoms with van der Waals surface area (Å²) in [5.41, 5.74) is 2.64. The second-order valence-corrected chi connectivity index (χ2v) is 8.92. The second-order valence-electron chi connectivity index (χ2n) is 8.92. The predicted octanol–water partition coefficient (Wildman–Crippen LogP) is 2.77. The maximum atomic E-state index is 12.8. The third-order valence-electron chi connectivity index (χ3n) is 6.71. The number of hydrogen-bond donors (Lipinski definition) is 3. The Hall–Kier alpha value is -3.29. The van der Waals surface area contributed by atoms with E-state index >= 15 is 0 Å². The van der Waals surface area contributed by atoms with E-state index in [1.54, 1.807) is 0 Å². The summed E-state index contributed by atoms with van der Waals surface area (Å²) in [6.07, 6.45) is 5.02. The molecule has 0 radical (unpaired) electrons. The fourth-order valence-corrected chi connectivity index (χ4v) is 5.00. The van der Waals surface area contributed by atoms with Crippen LogP contribution in [-0.4, -0.2) is 32.6 Å². The molecular formula is C26H28N4O3. The molecule has 2 aliphatic rings. The molecule has 3 aromatic rings. The number of aliphatic hydroxyl groups excluding tert-OH is 1. The Balaban J connectivity index is 1.17. The molecular weight excluding hydrogens is 416 g/mol. The van der Waals surface area contributed by atoms with Gasteiger partial charge in [-0.05, 0) is 48.9 Å². The van der Waals surface area contributed by atoms with Crippen LogP contribution in [0.25, 0.3) is 0 Å². The van der Waals surface area contributed by atoms with E-state index < -0.39 is 12.1 Å². The topological polar surface area (TPSA) is 96.2 Å². The summed E-state index contributed by atoms with van der Waals surface area (Å²) in [7, 11) is 0. The van der Waals surface area contributed by atoms with Gasteiger partial charge in [0.25, 0.3) is 5.56 Å². The number of aliphatic hydroxyl groups is 1. The van der Waals surface area contributed by atoms with E-state index in [4.69, 9.17) is 0 Å². The molecule has 170 valence electrons. The first-order valence-electron chi connectivity index (χ1n) is 11.5. The van der Waals surface area contributed by atoms with Crippen molar-refractivity contribution in [1.82, 2.24) is 14.9 Å². The van der Waals surface area contributed by atoms with Gasteiger partial charge in [-0.3, -0.25) is 14.2 Å². The molecule has 1 amide bonds. The highest BCUT2D eigenvalue weighted by molar-refractivity contribution is 5.94. The average molecular weight is 445 g/mol. The van der Waals surface area contributed by atoms with E-state index in [9.17, 15) is 14.7 Å². The summed E-state index contributed by atoms with van der Waals surface area (Å²) < 4.78 is 1.50. The van der Waals surface area contributed by atoms with Gasteiger partial charge in [-0.2, -0.15) is 0 Å². The predicted molar refractivity (Wildman–Crippen MR) is 126 cm³/mol. The number of aromatic nitrogens is 2. The van der Waals surface area contributed by atoms with E-state index in [0.29, 0.717) is 30.4 Å². The van der Waals surface area contributed by atoms with Crippen molar-refractivity contribution in [1.29, 1.82) is 0 Å². The highest BCUT2D eigenvalue weighted by Crippen LogP contribution is 2.27. The molecule has 7 heteroatoms. The first-order chi connectivity index (χ1) is 16.1. The summed E-state index contributed by atoms with van der Waals surface area (Å²) in [6, 6.07) is 18.9. The van der Waals surface area contributed by atoms with Crippen LogP contribution >= 0.6 is 0 Å². The standard InChI is InChI=1S/C26H28N4O3/c31-24-14-15-27-23-13-12-22(30(23)24)26(33)29-19-8-6-17(7-9-19)16-20-10-11-21(28-20)25(32)18-4-2-1-3-5-18/h1-9,14-15,20-22,25,28,32H,10-13,16H2,(H,29,33)/t20?,21?,22-,25+/m0/s1. The summed E-state index contributed by atoms with van der Waals surface area (Å²) in [5, 5.41) is 17.2.